The molecule has 0 bridgehead atoms. The van der Waals surface area contributed by atoms with E-state index in [1.165, 1.54) is 18.2 Å². The van der Waals surface area contributed by atoms with E-state index in [0.717, 1.165) is 6.42 Å². The van der Waals surface area contributed by atoms with Gasteiger partial charge < -0.3 is 15.3 Å². The molecule has 104 valence electrons. The zero-order valence-corrected chi connectivity index (χ0v) is 11.7. The summed E-state index contributed by atoms with van der Waals surface area (Å²) in [6, 6.07) is 4.48. The smallest absolute Gasteiger partial charge is 0.337 e. The summed E-state index contributed by atoms with van der Waals surface area (Å²) in [6.07, 6.45) is 0.854. The van der Waals surface area contributed by atoms with E-state index in [1.807, 2.05) is 6.92 Å². The van der Waals surface area contributed by atoms with Crippen molar-refractivity contribution in [2.75, 3.05) is 25.0 Å². The minimum Gasteiger partial charge on any atom is -0.478 e. The van der Waals surface area contributed by atoms with Crippen LogP contribution in [0.25, 0.3) is 0 Å². The molecule has 19 heavy (non-hydrogen) atoms. The lowest BCUT2D eigenvalue weighted by Crippen LogP contribution is -2.36. The zero-order chi connectivity index (χ0) is 14.4. The molecule has 0 atom stereocenters. The van der Waals surface area contributed by atoms with Gasteiger partial charge in [-0.1, -0.05) is 18.5 Å². The van der Waals surface area contributed by atoms with Crippen LogP contribution in [0.15, 0.2) is 18.2 Å². The summed E-state index contributed by atoms with van der Waals surface area (Å²) in [7, 11) is 1.66. The van der Waals surface area contributed by atoms with Crippen LogP contribution in [0, 0.1) is 0 Å². The van der Waals surface area contributed by atoms with Crippen molar-refractivity contribution in [2.24, 2.45) is 0 Å². The highest BCUT2D eigenvalue weighted by Gasteiger charge is 2.15. The van der Waals surface area contributed by atoms with E-state index in [9.17, 15) is 9.59 Å². The largest absolute Gasteiger partial charge is 0.478 e. The highest BCUT2D eigenvalue weighted by Crippen LogP contribution is 2.24. The van der Waals surface area contributed by atoms with Crippen LogP contribution in [0.1, 0.15) is 23.7 Å². The summed E-state index contributed by atoms with van der Waals surface area (Å²) in [5, 5.41) is 12.3. The molecule has 0 spiro atoms. The fourth-order valence-electron chi connectivity index (χ4n) is 1.62. The Balaban J connectivity index is 2.86. The van der Waals surface area contributed by atoms with E-state index in [1.54, 1.807) is 11.9 Å². The summed E-state index contributed by atoms with van der Waals surface area (Å²) in [5.41, 5.74) is 0.543. The Morgan fingerprint density at radius 3 is 2.68 bits per heavy atom. The van der Waals surface area contributed by atoms with Gasteiger partial charge in [0.1, 0.15) is 0 Å². The molecule has 1 rings (SSSR count). The number of rotatable bonds is 6. The molecule has 2 N–H and O–H groups in total. The number of nitrogens with zero attached hydrogens (tertiary/aromatic N) is 1. The molecule has 0 heterocycles. The van der Waals surface area contributed by atoms with Crippen molar-refractivity contribution in [1.29, 1.82) is 0 Å². The van der Waals surface area contributed by atoms with Crippen LogP contribution in [0.5, 0.6) is 0 Å². The lowest BCUT2D eigenvalue weighted by molar-refractivity contribution is -0.119. The van der Waals surface area contributed by atoms with Gasteiger partial charge in [0.2, 0.25) is 5.91 Å². The number of hydrogen-bond acceptors (Lipinski definition) is 3. The molecule has 0 radical (unpaired) electrons. The number of carboxylic acid groups (broad SMARTS) is 1. The van der Waals surface area contributed by atoms with E-state index >= 15 is 0 Å². The second-order valence-corrected chi connectivity index (χ2v) is 4.61. The molecule has 0 aliphatic carbocycles. The highest BCUT2D eigenvalue weighted by atomic mass is 35.5. The Bertz CT molecular complexity index is 477. The topological polar surface area (TPSA) is 69.6 Å². The summed E-state index contributed by atoms with van der Waals surface area (Å²) in [5.74, 6) is -1.20. The first-order chi connectivity index (χ1) is 8.95. The predicted molar refractivity (Wildman–Crippen MR) is 75.0 cm³/mol. The van der Waals surface area contributed by atoms with Gasteiger partial charge in [-0.25, -0.2) is 4.79 Å². The number of carbonyl (C=O) groups excluding carboxylic acids is 1. The average molecular weight is 285 g/mol. The van der Waals surface area contributed by atoms with Crippen molar-refractivity contribution in [1.82, 2.24) is 5.32 Å². The molecule has 0 aromatic heterocycles. The number of anilines is 1. The molecule has 0 aliphatic heterocycles. The van der Waals surface area contributed by atoms with Crippen LogP contribution in [0.3, 0.4) is 0 Å². The second kappa shape index (κ2) is 6.99. The maximum Gasteiger partial charge on any atom is 0.337 e. The van der Waals surface area contributed by atoms with Gasteiger partial charge >= 0.3 is 5.97 Å². The number of carboxylic acids is 1. The highest BCUT2D eigenvalue weighted by molar-refractivity contribution is 6.31. The molecule has 6 heteroatoms. The van der Waals surface area contributed by atoms with E-state index in [-0.39, 0.29) is 18.0 Å². The SMILES string of the molecule is CCCNC(=O)CN(C)c1cc(Cl)ccc1C(=O)O. The quantitative estimate of drug-likeness (QED) is 0.838. The standard InChI is InChI=1S/C13H17ClN2O3/c1-3-6-15-12(17)8-16(2)11-7-9(14)4-5-10(11)13(18)19/h4-5,7H,3,6,8H2,1-2H3,(H,15,17)(H,18,19). The second-order valence-electron chi connectivity index (χ2n) is 4.17. The molecular formula is C13H17ClN2O3. The molecular weight excluding hydrogens is 268 g/mol. The van der Waals surface area contributed by atoms with E-state index in [2.05, 4.69) is 5.32 Å². The first kappa shape index (κ1) is 15.3. The van der Waals surface area contributed by atoms with Gasteiger partial charge in [-0.15, -0.1) is 0 Å². The Labute approximate surface area is 117 Å². The summed E-state index contributed by atoms with van der Waals surface area (Å²) in [4.78, 5) is 24.3. The van der Waals surface area contributed by atoms with Crippen molar-refractivity contribution in [3.8, 4) is 0 Å². The number of aromatic carboxylic acids is 1. The van der Waals surface area contributed by atoms with Gasteiger partial charge in [0.15, 0.2) is 0 Å². The van der Waals surface area contributed by atoms with Crippen molar-refractivity contribution >= 4 is 29.2 Å². The maximum absolute atomic E-state index is 11.6. The van der Waals surface area contributed by atoms with Crippen LogP contribution in [-0.2, 0) is 4.79 Å². The molecule has 0 aliphatic rings. The van der Waals surface area contributed by atoms with Crippen molar-refractivity contribution in [3.63, 3.8) is 0 Å². The first-order valence-corrected chi connectivity index (χ1v) is 6.34. The zero-order valence-electron chi connectivity index (χ0n) is 10.9. The molecule has 0 saturated heterocycles. The minimum atomic E-state index is -1.05. The van der Waals surface area contributed by atoms with Crippen LogP contribution < -0.4 is 10.2 Å². The number of halogens is 1. The minimum absolute atomic E-state index is 0.0840. The third kappa shape index (κ3) is 4.44. The van der Waals surface area contributed by atoms with Gasteiger partial charge in [-0.05, 0) is 24.6 Å². The fourth-order valence-corrected chi connectivity index (χ4v) is 1.79. The van der Waals surface area contributed by atoms with Gasteiger partial charge in [0.05, 0.1) is 17.8 Å². The monoisotopic (exact) mass is 284 g/mol. The average Bonchev–Trinajstić information content (AvgIpc) is 2.35. The van der Waals surface area contributed by atoms with Gasteiger partial charge in [-0.2, -0.15) is 0 Å². The van der Waals surface area contributed by atoms with Gasteiger partial charge in [0.25, 0.3) is 0 Å². The van der Waals surface area contributed by atoms with Crippen LogP contribution in [0.2, 0.25) is 5.02 Å². The number of carbonyl (C=O) groups is 2. The predicted octanol–water partition coefficient (Wildman–Crippen LogP) is 2.00. The van der Waals surface area contributed by atoms with Gasteiger partial charge in [0, 0.05) is 18.6 Å². The van der Waals surface area contributed by atoms with E-state index in [4.69, 9.17) is 16.7 Å². The lowest BCUT2D eigenvalue weighted by Gasteiger charge is -2.20. The molecule has 0 unspecified atom stereocenters. The van der Waals surface area contributed by atoms with Crippen molar-refractivity contribution < 1.29 is 14.7 Å². The molecule has 1 amide bonds. The van der Waals surface area contributed by atoms with Crippen molar-refractivity contribution in [2.45, 2.75) is 13.3 Å². The Morgan fingerprint density at radius 1 is 1.42 bits per heavy atom. The van der Waals surface area contributed by atoms with Crippen LogP contribution in [0.4, 0.5) is 5.69 Å². The number of likely N-dealkylation sites (N-methyl/N-ethyl adjacent to an activating group) is 1. The number of amides is 1. The van der Waals surface area contributed by atoms with Crippen molar-refractivity contribution in [3.05, 3.63) is 28.8 Å². The molecule has 1 aromatic carbocycles. The normalized spacial score (nSPS) is 10.1. The first-order valence-electron chi connectivity index (χ1n) is 5.96. The molecule has 5 nitrogen and oxygen atoms in total. The van der Waals surface area contributed by atoms with Gasteiger partial charge in [-0.3, -0.25) is 4.79 Å². The maximum atomic E-state index is 11.6. The molecule has 0 saturated carbocycles. The Hall–Kier alpha value is -1.75. The Morgan fingerprint density at radius 2 is 2.11 bits per heavy atom. The summed E-state index contributed by atoms with van der Waals surface area (Å²) >= 11 is 5.87. The van der Waals surface area contributed by atoms with E-state index in [0.29, 0.717) is 17.3 Å². The third-order valence-electron chi connectivity index (χ3n) is 2.55. The van der Waals surface area contributed by atoms with Crippen LogP contribution >= 0.6 is 11.6 Å². The molecule has 0 fully saturated rings. The fraction of sp³-hybridized carbons (Fsp3) is 0.385. The lowest BCUT2D eigenvalue weighted by atomic mass is 10.1. The number of nitrogens with one attached hydrogen (secondary N) is 1. The van der Waals surface area contributed by atoms with E-state index < -0.39 is 5.97 Å². The Kier molecular flexibility index (Phi) is 5.63. The number of benzene rings is 1. The number of hydrogen-bond donors (Lipinski definition) is 2. The molecule has 1 aromatic rings. The summed E-state index contributed by atoms with van der Waals surface area (Å²) < 4.78 is 0. The summed E-state index contributed by atoms with van der Waals surface area (Å²) in [6.45, 7) is 2.65. The third-order valence-corrected chi connectivity index (χ3v) is 2.79. The van der Waals surface area contributed by atoms with Crippen LogP contribution in [-0.4, -0.2) is 37.1 Å².